The van der Waals surface area contributed by atoms with E-state index in [0.717, 1.165) is 17.9 Å². The van der Waals surface area contributed by atoms with Crippen molar-refractivity contribution in [2.45, 2.75) is 47.0 Å². The van der Waals surface area contributed by atoms with Crippen LogP contribution in [0.1, 0.15) is 51.6 Å². The Morgan fingerprint density at radius 2 is 1.92 bits per heavy atom. The number of hydrogen-bond acceptors (Lipinski definition) is 1. The molecule has 0 aliphatic carbocycles. The van der Waals surface area contributed by atoms with Crippen LogP contribution in [-0.4, -0.2) is 0 Å². The predicted molar refractivity (Wildman–Crippen MR) is 55.9 cm³/mol. The molecule has 1 rings (SSSR count). The van der Waals surface area contributed by atoms with E-state index in [0.29, 0.717) is 11.3 Å². The van der Waals surface area contributed by atoms with Gasteiger partial charge < -0.3 is 4.42 Å². The van der Waals surface area contributed by atoms with E-state index in [2.05, 4.69) is 33.8 Å². The van der Waals surface area contributed by atoms with Crippen molar-refractivity contribution in [2.24, 2.45) is 5.41 Å². The van der Waals surface area contributed by atoms with Crippen LogP contribution in [0, 0.1) is 12.3 Å². The second kappa shape index (κ2) is 3.57. The zero-order valence-corrected chi connectivity index (χ0v) is 9.35. The van der Waals surface area contributed by atoms with Crippen molar-refractivity contribution in [3.05, 3.63) is 23.7 Å². The molecule has 0 fully saturated rings. The van der Waals surface area contributed by atoms with Gasteiger partial charge in [0.2, 0.25) is 0 Å². The highest BCUT2D eigenvalue weighted by Crippen LogP contribution is 2.37. The van der Waals surface area contributed by atoms with Gasteiger partial charge in [-0.05, 0) is 30.9 Å². The largest absolute Gasteiger partial charge is 0.466 e. The van der Waals surface area contributed by atoms with E-state index in [-0.39, 0.29) is 0 Å². The molecule has 0 unspecified atom stereocenters. The van der Waals surface area contributed by atoms with Crippen LogP contribution in [-0.2, 0) is 0 Å². The molecule has 0 aliphatic heterocycles. The van der Waals surface area contributed by atoms with Crippen LogP contribution in [0.25, 0.3) is 0 Å². The van der Waals surface area contributed by atoms with Gasteiger partial charge >= 0.3 is 0 Å². The molecule has 1 nitrogen and oxygen atoms in total. The lowest BCUT2D eigenvalue weighted by Gasteiger charge is -2.27. The minimum Gasteiger partial charge on any atom is -0.466 e. The van der Waals surface area contributed by atoms with Crippen molar-refractivity contribution in [3.63, 3.8) is 0 Å². The van der Waals surface area contributed by atoms with E-state index in [9.17, 15) is 0 Å². The van der Waals surface area contributed by atoms with Crippen molar-refractivity contribution in [1.82, 2.24) is 0 Å². The second-order valence-corrected chi connectivity index (χ2v) is 4.78. The first kappa shape index (κ1) is 10.4. The molecule has 0 amide bonds. The van der Waals surface area contributed by atoms with Crippen LogP contribution in [0.3, 0.4) is 0 Å². The molecule has 0 aliphatic rings. The molecular weight excluding hydrogens is 160 g/mol. The van der Waals surface area contributed by atoms with Crippen LogP contribution in [0.2, 0.25) is 0 Å². The summed E-state index contributed by atoms with van der Waals surface area (Å²) >= 11 is 0. The third kappa shape index (κ3) is 2.36. The molecule has 1 heterocycles. The number of aryl methyl sites for hydroxylation is 1. The molecule has 1 heteroatoms. The summed E-state index contributed by atoms with van der Waals surface area (Å²) < 4.78 is 5.66. The molecule has 1 atom stereocenters. The minimum absolute atomic E-state index is 0.291. The molecule has 0 spiro atoms. The van der Waals surface area contributed by atoms with Crippen LogP contribution in [0.15, 0.2) is 16.5 Å². The first-order valence-electron chi connectivity index (χ1n) is 5.01. The van der Waals surface area contributed by atoms with Crippen molar-refractivity contribution in [2.75, 3.05) is 0 Å². The Morgan fingerprint density at radius 3 is 2.23 bits per heavy atom. The Balaban J connectivity index is 2.91. The van der Waals surface area contributed by atoms with Crippen molar-refractivity contribution < 1.29 is 4.42 Å². The molecule has 1 aromatic rings. The highest BCUT2D eigenvalue weighted by atomic mass is 16.3. The van der Waals surface area contributed by atoms with Crippen LogP contribution in [0.4, 0.5) is 0 Å². The maximum atomic E-state index is 5.66. The molecule has 0 radical (unpaired) electrons. The molecule has 0 saturated carbocycles. The summed E-state index contributed by atoms with van der Waals surface area (Å²) in [5.74, 6) is 2.67. The monoisotopic (exact) mass is 180 g/mol. The summed E-state index contributed by atoms with van der Waals surface area (Å²) in [6.07, 6.45) is 1.14. The third-order valence-electron chi connectivity index (χ3n) is 2.56. The van der Waals surface area contributed by atoms with Crippen LogP contribution in [0.5, 0.6) is 0 Å². The van der Waals surface area contributed by atoms with E-state index in [1.54, 1.807) is 0 Å². The standard InChI is InChI=1S/C12H20O/c1-6-10(12(3,4)5)11-8-7-9(2)13-11/h7-8,10H,6H2,1-5H3/t10-/m1/s1. The Bertz CT molecular complexity index is 265. The predicted octanol–water partition coefficient (Wildman–Crippen LogP) is 4.13. The smallest absolute Gasteiger partial charge is 0.107 e. The lowest BCUT2D eigenvalue weighted by molar-refractivity contribution is 0.270. The van der Waals surface area contributed by atoms with Gasteiger partial charge in [0.1, 0.15) is 11.5 Å². The third-order valence-corrected chi connectivity index (χ3v) is 2.56. The molecule has 1 aromatic heterocycles. The fourth-order valence-corrected chi connectivity index (χ4v) is 1.88. The molecule has 13 heavy (non-hydrogen) atoms. The molecular formula is C12H20O. The van der Waals surface area contributed by atoms with Gasteiger partial charge in [0.15, 0.2) is 0 Å². The SMILES string of the molecule is CC[C@H](c1ccc(C)o1)C(C)(C)C. The fourth-order valence-electron chi connectivity index (χ4n) is 1.88. The maximum Gasteiger partial charge on any atom is 0.107 e. The van der Waals surface area contributed by atoms with E-state index in [1.807, 2.05) is 13.0 Å². The van der Waals surface area contributed by atoms with Gasteiger partial charge in [-0.2, -0.15) is 0 Å². The minimum atomic E-state index is 0.291. The van der Waals surface area contributed by atoms with Gasteiger partial charge in [-0.3, -0.25) is 0 Å². The van der Waals surface area contributed by atoms with E-state index in [1.165, 1.54) is 0 Å². The molecule has 0 saturated heterocycles. The number of rotatable bonds is 2. The summed E-state index contributed by atoms with van der Waals surface area (Å²) in [5, 5.41) is 0. The van der Waals surface area contributed by atoms with Gasteiger partial charge in [-0.25, -0.2) is 0 Å². The van der Waals surface area contributed by atoms with Crippen molar-refractivity contribution >= 4 is 0 Å². The Kier molecular flexibility index (Phi) is 2.84. The second-order valence-electron chi connectivity index (χ2n) is 4.78. The molecule has 0 bridgehead atoms. The van der Waals surface area contributed by atoms with Crippen LogP contribution >= 0.6 is 0 Å². The maximum absolute atomic E-state index is 5.66. The van der Waals surface area contributed by atoms with Crippen molar-refractivity contribution in [3.8, 4) is 0 Å². The zero-order chi connectivity index (χ0) is 10.1. The average molecular weight is 180 g/mol. The summed E-state index contributed by atoms with van der Waals surface area (Å²) in [5.41, 5.74) is 0.291. The molecule has 0 aromatic carbocycles. The fraction of sp³-hybridized carbons (Fsp3) is 0.667. The van der Waals surface area contributed by atoms with Gasteiger partial charge in [-0.1, -0.05) is 27.7 Å². The Labute approximate surface area is 81.1 Å². The topological polar surface area (TPSA) is 13.1 Å². The van der Waals surface area contributed by atoms with Gasteiger partial charge in [0, 0.05) is 5.92 Å². The quantitative estimate of drug-likeness (QED) is 0.667. The first-order chi connectivity index (χ1) is 5.95. The van der Waals surface area contributed by atoms with Gasteiger partial charge in [0.05, 0.1) is 0 Å². The number of furan rings is 1. The normalized spacial score (nSPS) is 14.5. The highest BCUT2D eigenvalue weighted by Gasteiger charge is 2.26. The highest BCUT2D eigenvalue weighted by molar-refractivity contribution is 5.12. The van der Waals surface area contributed by atoms with Crippen LogP contribution < -0.4 is 0 Å². The van der Waals surface area contributed by atoms with E-state index >= 15 is 0 Å². The summed E-state index contributed by atoms with van der Waals surface area (Å²) in [7, 11) is 0. The van der Waals surface area contributed by atoms with E-state index < -0.39 is 0 Å². The lowest BCUT2D eigenvalue weighted by atomic mass is 9.78. The van der Waals surface area contributed by atoms with Gasteiger partial charge in [-0.15, -0.1) is 0 Å². The lowest BCUT2D eigenvalue weighted by Crippen LogP contribution is -2.16. The number of hydrogen-bond donors (Lipinski definition) is 0. The summed E-state index contributed by atoms with van der Waals surface area (Å²) in [6, 6.07) is 4.15. The first-order valence-corrected chi connectivity index (χ1v) is 5.01. The van der Waals surface area contributed by atoms with Crippen molar-refractivity contribution in [1.29, 1.82) is 0 Å². The zero-order valence-electron chi connectivity index (χ0n) is 9.35. The Hall–Kier alpha value is -0.720. The summed E-state index contributed by atoms with van der Waals surface area (Å²) in [6.45, 7) is 11.0. The molecule has 74 valence electrons. The molecule has 0 N–H and O–H groups in total. The van der Waals surface area contributed by atoms with E-state index in [4.69, 9.17) is 4.42 Å². The Morgan fingerprint density at radius 1 is 1.31 bits per heavy atom. The van der Waals surface area contributed by atoms with Gasteiger partial charge in [0.25, 0.3) is 0 Å². The summed E-state index contributed by atoms with van der Waals surface area (Å²) in [4.78, 5) is 0. The average Bonchev–Trinajstić information content (AvgIpc) is 2.34.